The van der Waals surface area contributed by atoms with E-state index in [9.17, 15) is 4.79 Å². The summed E-state index contributed by atoms with van der Waals surface area (Å²) in [5.74, 6) is 0.973. The lowest BCUT2D eigenvalue weighted by Crippen LogP contribution is -2.21. The van der Waals surface area contributed by atoms with Crippen molar-refractivity contribution in [3.8, 4) is 0 Å². The monoisotopic (exact) mass is 376 g/mol. The van der Waals surface area contributed by atoms with Gasteiger partial charge in [-0.2, -0.15) is 0 Å². The Morgan fingerprint density at radius 2 is 2.12 bits per heavy atom. The molecule has 0 saturated heterocycles. The van der Waals surface area contributed by atoms with E-state index < -0.39 is 0 Å². The van der Waals surface area contributed by atoms with Gasteiger partial charge in [0.2, 0.25) is 0 Å². The van der Waals surface area contributed by atoms with Crippen LogP contribution in [0.4, 0.5) is 0 Å². The van der Waals surface area contributed by atoms with E-state index in [-0.39, 0.29) is 12.1 Å². The van der Waals surface area contributed by atoms with Gasteiger partial charge in [0, 0.05) is 10.3 Å². The smallest absolute Gasteiger partial charge is 0.316 e. The molecule has 4 nitrogen and oxygen atoms in total. The number of aromatic nitrogens is 2. The molecule has 1 fully saturated rings. The molecule has 2 aromatic heterocycles. The molecule has 2 aliphatic rings. The van der Waals surface area contributed by atoms with Crippen molar-refractivity contribution >= 4 is 39.3 Å². The second-order valence-electron chi connectivity index (χ2n) is 7.25. The highest BCUT2D eigenvalue weighted by molar-refractivity contribution is 8.00. The highest BCUT2D eigenvalue weighted by Gasteiger charge is 2.24. The van der Waals surface area contributed by atoms with E-state index in [4.69, 9.17) is 4.74 Å². The molecule has 0 bridgehead atoms. The number of carbonyl (C=O) groups excluding carboxylic acids is 1. The fourth-order valence-corrected chi connectivity index (χ4v) is 6.11. The van der Waals surface area contributed by atoms with Crippen LogP contribution in [-0.4, -0.2) is 27.8 Å². The molecule has 2 heterocycles. The Morgan fingerprint density at radius 3 is 2.96 bits per heavy atom. The van der Waals surface area contributed by atoms with Gasteiger partial charge in [-0.3, -0.25) is 4.79 Å². The molecular weight excluding hydrogens is 352 g/mol. The van der Waals surface area contributed by atoms with Crippen molar-refractivity contribution in [1.29, 1.82) is 0 Å². The largest absolute Gasteiger partial charge is 0.462 e. The molecule has 1 atom stereocenters. The van der Waals surface area contributed by atoms with Gasteiger partial charge in [-0.25, -0.2) is 9.97 Å². The van der Waals surface area contributed by atoms with Crippen LogP contribution in [0.3, 0.4) is 0 Å². The first-order valence-corrected chi connectivity index (χ1v) is 11.1. The maximum absolute atomic E-state index is 12.2. The Balaban J connectivity index is 1.47. The summed E-state index contributed by atoms with van der Waals surface area (Å²) < 4.78 is 5.63. The Morgan fingerprint density at radius 1 is 1.28 bits per heavy atom. The molecule has 0 N–H and O–H groups in total. The van der Waals surface area contributed by atoms with Crippen molar-refractivity contribution in [3.63, 3.8) is 0 Å². The minimum Gasteiger partial charge on any atom is -0.462 e. The molecule has 6 heteroatoms. The Labute approximate surface area is 156 Å². The second-order valence-corrected chi connectivity index (χ2v) is 9.30. The number of aryl methyl sites for hydroxylation is 1. The number of nitrogens with zero attached hydrogens (tertiary/aromatic N) is 2. The van der Waals surface area contributed by atoms with Crippen LogP contribution in [0.2, 0.25) is 0 Å². The molecule has 0 aliphatic heterocycles. The fraction of sp³-hybridized carbons (Fsp3) is 0.632. The normalized spacial score (nSPS) is 21.2. The summed E-state index contributed by atoms with van der Waals surface area (Å²) in [6.45, 7) is 2.32. The summed E-state index contributed by atoms with van der Waals surface area (Å²) in [5.41, 5.74) is 1.42. The van der Waals surface area contributed by atoms with Gasteiger partial charge >= 0.3 is 5.97 Å². The van der Waals surface area contributed by atoms with Gasteiger partial charge in [-0.1, -0.05) is 25.1 Å². The topological polar surface area (TPSA) is 52.1 Å². The molecule has 0 spiro atoms. The minimum absolute atomic E-state index is 0.110. The van der Waals surface area contributed by atoms with Crippen molar-refractivity contribution in [3.05, 3.63) is 16.8 Å². The van der Waals surface area contributed by atoms with Gasteiger partial charge in [0.05, 0.1) is 5.75 Å². The van der Waals surface area contributed by atoms with Crippen molar-refractivity contribution in [1.82, 2.24) is 9.97 Å². The molecule has 0 amide bonds. The molecule has 0 radical (unpaired) electrons. The lowest BCUT2D eigenvalue weighted by Gasteiger charge is -2.21. The van der Waals surface area contributed by atoms with Crippen LogP contribution in [0.25, 0.3) is 10.2 Å². The summed E-state index contributed by atoms with van der Waals surface area (Å²) in [6.07, 6.45) is 10.9. The van der Waals surface area contributed by atoms with Gasteiger partial charge in [0.15, 0.2) is 0 Å². The molecule has 2 aromatic rings. The third-order valence-electron chi connectivity index (χ3n) is 5.23. The first-order valence-electron chi connectivity index (χ1n) is 9.28. The third-order valence-corrected chi connectivity index (χ3v) is 7.36. The summed E-state index contributed by atoms with van der Waals surface area (Å²) in [7, 11) is 0. The van der Waals surface area contributed by atoms with Crippen molar-refractivity contribution in [2.24, 2.45) is 5.92 Å². The molecule has 0 aromatic carbocycles. The van der Waals surface area contributed by atoms with E-state index in [1.54, 1.807) is 17.7 Å². The van der Waals surface area contributed by atoms with Gasteiger partial charge in [-0.05, 0) is 56.4 Å². The summed E-state index contributed by atoms with van der Waals surface area (Å²) >= 11 is 3.31. The van der Waals surface area contributed by atoms with E-state index >= 15 is 0 Å². The molecule has 25 heavy (non-hydrogen) atoms. The molecular formula is C19H24N2O2S2. The van der Waals surface area contributed by atoms with Crippen LogP contribution >= 0.6 is 23.1 Å². The highest BCUT2D eigenvalue weighted by atomic mass is 32.2. The molecule has 134 valence electrons. The predicted octanol–water partition coefficient (Wildman–Crippen LogP) is 4.78. The van der Waals surface area contributed by atoms with Crippen molar-refractivity contribution < 1.29 is 9.53 Å². The zero-order valence-electron chi connectivity index (χ0n) is 14.6. The highest BCUT2D eigenvalue weighted by Crippen LogP contribution is 2.40. The summed E-state index contributed by atoms with van der Waals surface area (Å²) in [4.78, 5) is 23.7. The van der Waals surface area contributed by atoms with E-state index in [0.717, 1.165) is 41.5 Å². The average molecular weight is 377 g/mol. The van der Waals surface area contributed by atoms with E-state index in [0.29, 0.717) is 5.75 Å². The van der Waals surface area contributed by atoms with Crippen molar-refractivity contribution in [2.75, 3.05) is 5.75 Å². The van der Waals surface area contributed by atoms with Gasteiger partial charge in [0.25, 0.3) is 0 Å². The number of fused-ring (bicyclic) bond motifs is 3. The molecule has 1 saturated carbocycles. The average Bonchev–Trinajstić information content (AvgIpc) is 2.98. The lowest BCUT2D eigenvalue weighted by atomic mass is 9.89. The first-order chi connectivity index (χ1) is 12.2. The van der Waals surface area contributed by atoms with Crippen LogP contribution in [-0.2, 0) is 22.4 Å². The van der Waals surface area contributed by atoms with Gasteiger partial charge in [0.1, 0.15) is 22.3 Å². The number of thiophene rings is 1. The predicted molar refractivity (Wildman–Crippen MR) is 102 cm³/mol. The second kappa shape index (κ2) is 7.62. The number of rotatable bonds is 4. The number of thioether (sulfide) groups is 1. The third kappa shape index (κ3) is 3.85. The van der Waals surface area contributed by atoms with Crippen LogP contribution in [0.15, 0.2) is 11.4 Å². The Kier molecular flexibility index (Phi) is 5.27. The zero-order chi connectivity index (χ0) is 17.2. The minimum atomic E-state index is -0.110. The number of ether oxygens (including phenoxy) is 1. The number of hydrogen-bond donors (Lipinski definition) is 0. The first kappa shape index (κ1) is 17.3. The fourth-order valence-electron chi connectivity index (χ4n) is 3.89. The maximum atomic E-state index is 12.2. The standard InChI is InChI=1S/C19H24N2O2S2/c1-12-7-8-14-15(9-12)25-19-17(14)18(20-11-21-19)24-10-16(22)23-13-5-3-2-4-6-13/h11-13H,2-10H2,1H3/t12-/m0/s1. The van der Waals surface area contributed by atoms with Gasteiger partial charge < -0.3 is 4.74 Å². The number of esters is 1. The van der Waals surface area contributed by atoms with Crippen molar-refractivity contribution in [2.45, 2.75) is 69.4 Å². The van der Waals surface area contributed by atoms with Crippen LogP contribution in [0.1, 0.15) is 55.9 Å². The maximum Gasteiger partial charge on any atom is 0.316 e. The number of hydrogen-bond acceptors (Lipinski definition) is 6. The van der Waals surface area contributed by atoms with Crippen LogP contribution < -0.4 is 0 Å². The quantitative estimate of drug-likeness (QED) is 0.436. The Bertz CT molecular complexity index is 768. The SMILES string of the molecule is C[C@H]1CCc2c(sc3ncnc(SCC(=O)OC4CCCCC4)c23)C1. The van der Waals surface area contributed by atoms with Gasteiger partial charge in [-0.15, -0.1) is 11.3 Å². The van der Waals surface area contributed by atoms with Crippen LogP contribution in [0.5, 0.6) is 0 Å². The summed E-state index contributed by atoms with van der Waals surface area (Å²) in [6, 6.07) is 0. The lowest BCUT2D eigenvalue weighted by molar-refractivity contribution is -0.147. The molecule has 0 unspecified atom stereocenters. The zero-order valence-corrected chi connectivity index (χ0v) is 16.3. The molecule has 4 rings (SSSR count). The van der Waals surface area contributed by atoms with E-state index in [1.165, 1.54) is 53.3 Å². The number of carbonyl (C=O) groups is 1. The van der Waals surface area contributed by atoms with Crippen LogP contribution in [0, 0.1) is 5.92 Å². The van der Waals surface area contributed by atoms with E-state index in [2.05, 4.69) is 16.9 Å². The molecule has 2 aliphatic carbocycles. The summed E-state index contributed by atoms with van der Waals surface area (Å²) in [5, 5.41) is 2.13. The Hall–Kier alpha value is -1.14. The van der Waals surface area contributed by atoms with E-state index in [1.807, 2.05) is 0 Å².